The lowest BCUT2D eigenvalue weighted by Crippen LogP contribution is -2.43. The molecule has 27 heavy (non-hydrogen) atoms. The zero-order chi connectivity index (χ0) is 19.5. The predicted octanol–water partition coefficient (Wildman–Crippen LogP) is 3.27. The van der Waals surface area contributed by atoms with Gasteiger partial charge in [0.25, 0.3) is 0 Å². The minimum Gasteiger partial charge on any atom is -0.381 e. The Hall–Kier alpha value is -1.59. The molecule has 1 aromatic carbocycles. The van der Waals surface area contributed by atoms with Crippen LogP contribution in [-0.4, -0.2) is 52.5 Å². The van der Waals surface area contributed by atoms with Gasteiger partial charge in [-0.15, -0.1) is 0 Å². The van der Waals surface area contributed by atoms with E-state index >= 15 is 0 Å². The molecule has 0 atom stereocenters. The lowest BCUT2D eigenvalue weighted by atomic mass is 9.84. The van der Waals surface area contributed by atoms with E-state index in [9.17, 15) is 0 Å². The van der Waals surface area contributed by atoms with Crippen molar-refractivity contribution >= 4 is 5.96 Å². The molecule has 0 radical (unpaired) electrons. The van der Waals surface area contributed by atoms with E-state index in [1.54, 1.807) is 0 Å². The van der Waals surface area contributed by atoms with Gasteiger partial charge in [-0.1, -0.05) is 43.7 Å². The van der Waals surface area contributed by atoms with Crippen LogP contribution in [0.25, 0.3) is 0 Å². The predicted molar refractivity (Wildman–Crippen MR) is 113 cm³/mol. The van der Waals surface area contributed by atoms with Gasteiger partial charge in [0.05, 0.1) is 0 Å². The Morgan fingerprint density at radius 3 is 2.56 bits per heavy atom. The smallest absolute Gasteiger partial charge is 0.191 e. The molecule has 0 unspecified atom stereocenters. The van der Waals surface area contributed by atoms with E-state index in [2.05, 4.69) is 60.7 Å². The summed E-state index contributed by atoms with van der Waals surface area (Å²) in [5, 5.41) is 6.83. The number of hydrogen-bond acceptors (Lipinski definition) is 3. The summed E-state index contributed by atoms with van der Waals surface area (Å²) in [6.45, 7) is 11.7. The van der Waals surface area contributed by atoms with E-state index in [0.717, 1.165) is 64.7 Å². The third-order valence-corrected chi connectivity index (χ3v) is 5.21. The van der Waals surface area contributed by atoms with E-state index in [0.29, 0.717) is 5.92 Å². The summed E-state index contributed by atoms with van der Waals surface area (Å²) in [6.07, 6.45) is 3.24. The standard InChI is InChI=1S/C22H37N3O2/c1-18-6-8-20(9-7-18)22(2,3)17-25-21(23-4)24-12-5-13-27-16-19-10-14-26-15-11-19/h6-9,19H,5,10-17H2,1-4H3,(H2,23,24,25). The first kappa shape index (κ1) is 21.7. The fraction of sp³-hybridized carbons (Fsp3) is 0.682. The topological polar surface area (TPSA) is 54.9 Å². The van der Waals surface area contributed by atoms with E-state index in [4.69, 9.17) is 9.47 Å². The summed E-state index contributed by atoms with van der Waals surface area (Å²) >= 11 is 0. The molecule has 0 spiro atoms. The van der Waals surface area contributed by atoms with Crippen molar-refractivity contribution in [2.24, 2.45) is 10.9 Å². The third-order valence-electron chi connectivity index (χ3n) is 5.21. The molecule has 1 saturated heterocycles. The highest BCUT2D eigenvalue weighted by molar-refractivity contribution is 5.79. The molecule has 0 aliphatic carbocycles. The second kappa shape index (κ2) is 11.3. The number of aliphatic imine (C=N–C) groups is 1. The SMILES string of the molecule is CN=C(NCCCOCC1CCOCC1)NCC(C)(C)c1ccc(C)cc1. The highest BCUT2D eigenvalue weighted by Crippen LogP contribution is 2.22. The number of ether oxygens (including phenoxy) is 2. The fourth-order valence-electron chi connectivity index (χ4n) is 3.18. The maximum Gasteiger partial charge on any atom is 0.191 e. The maximum absolute atomic E-state index is 5.81. The molecule has 0 bridgehead atoms. The molecule has 2 N–H and O–H groups in total. The van der Waals surface area contributed by atoms with E-state index in [1.165, 1.54) is 11.1 Å². The number of nitrogens with zero attached hydrogens (tertiary/aromatic N) is 1. The minimum atomic E-state index is 0.0398. The van der Waals surface area contributed by atoms with Crippen molar-refractivity contribution in [2.75, 3.05) is 46.6 Å². The maximum atomic E-state index is 5.81. The highest BCUT2D eigenvalue weighted by atomic mass is 16.5. The average molecular weight is 376 g/mol. The molecule has 152 valence electrons. The van der Waals surface area contributed by atoms with E-state index in [-0.39, 0.29) is 5.41 Å². The van der Waals surface area contributed by atoms with Gasteiger partial charge >= 0.3 is 0 Å². The Bertz CT molecular complexity index is 563. The van der Waals surface area contributed by atoms with Crippen LogP contribution in [0.1, 0.15) is 44.2 Å². The summed E-state index contributed by atoms with van der Waals surface area (Å²) in [5.74, 6) is 1.52. The Kier molecular flexibility index (Phi) is 9.08. The fourth-order valence-corrected chi connectivity index (χ4v) is 3.18. The van der Waals surface area contributed by atoms with Gasteiger partial charge in [-0.25, -0.2) is 0 Å². The van der Waals surface area contributed by atoms with Crippen molar-refractivity contribution in [1.29, 1.82) is 0 Å². The van der Waals surface area contributed by atoms with Gasteiger partial charge in [-0.2, -0.15) is 0 Å². The monoisotopic (exact) mass is 375 g/mol. The summed E-state index contributed by atoms with van der Waals surface area (Å²) < 4.78 is 11.2. The molecule has 0 aromatic heterocycles. The number of hydrogen-bond donors (Lipinski definition) is 2. The normalized spacial score (nSPS) is 16.4. The van der Waals surface area contributed by atoms with E-state index < -0.39 is 0 Å². The van der Waals surface area contributed by atoms with Crippen LogP contribution >= 0.6 is 0 Å². The Morgan fingerprint density at radius 2 is 1.89 bits per heavy atom. The average Bonchev–Trinajstić information content (AvgIpc) is 2.68. The number of aryl methyl sites for hydroxylation is 1. The van der Waals surface area contributed by atoms with Crippen molar-refractivity contribution in [3.05, 3.63) is 35.4 Å². The molecule has 1 aliphatic rings. The van der Waals surface area contributed by atoms with Crippen LogP contribution in [0.4, 0.5) is 0 Å². The van der Waals surface area contributed by atoms with Crippen LogP contribution in [0.2, 0.25) is 0 Å². The number of nitrogens with one attached hydrogen (secondary N) is 2. The quantitative estimate of drug-likeness (QED) is 0.395. The molecule has 5 heteroatoms. The lowest BCUT2D eigenvalue weighted by Gasteiger charge is -2.27. The van der Waals surface area contributed by atoms with Crippen molar-refractivity contribution in [2.45, 2.75) is 45.4 Å². The molecule has 2 rings (SSSR count). The zero-order valence-corrected chi connectivity index (χ0v) is 17.5. The second-order valence-corrected chi connectivity index (χ2v) is 8.09. The van der Waals surface area contributed by atoms with Crippen molar-refractivity contribution in [3.63, 3.8) is 0 Å². The van der Waals surface area contributed by atoms with Gasteiger partial charge in [0, 0.05) is 52.0 Å². The van der Waals surface area contributed by atoms with Gasteiger partial charge in [0.1, 0.15) is 0 Å². The lowest BCUT2D eigenvalue weighted by molar-refractivity contribution is 0.0203. The first-order valence-electron chi connectivity index (χ1n) is 10.2. The number of rotatable bonds is 9. The Labute approximate surface area is 164 Å². The van der Waals surface area contributed by atoms with Crippen LogP contribution in [0.5, 0.6) is 0 Å². The first-order chi connectivity index (χ1) is 13.0. The van der Waals surface area contributed by atoms with Crippen molar-refractivity contribution in [3.8, 4) is 0 Å². The first-order valence-corrected chi connectivity index (χ1v) is 10.2. The van der Waals surface area contributed by atoms with Crippen LogP contribution < -0.4 is 10.6 Å². The van der Waals surface area contributed by atoms with Gasteiger partial charge in [0.15, 0.2) is 5.96 Å². The summed E-state index contributed by atoms with van der Waals surface area (Å²) in [5.41, 5.74) is 2.66. The van der Waals surface area contributed by atoms with Crippen LogP contribution in [0.15, 0.2) is 29.3 Å². The second-order valence-electron chi connectivity index (χ2n) is 8.09. The summed E-state index contributed by atoms with van der Waals surface area (Å²) in [4.78, 5) is 4.33. The third kappa shape index (κ3) is 7.89. The van der Waals surface area contributed by atoms with Crippen LogP contribution in [0, 0.1) is 12.8 Å². The molecule has 0 saturated carbocycles. The highest BCUT2D eigenvalue weighted by Gasteiger charge is 2.20. The minimum absolute atomic E-state index is 0.0398. The van der Waals surface area contributed by atoms with Crippen LogP contribution in [0.3, 0.4) is 0 Å². The molecular weight excluding hydrogens is 338 g/mol. The number of guanidine groups is 1. The van der Waals surface area contributed by atoms with Gasteiger partial charge in [0.2, 0.25) is 0 Å². The Balaban J connectivity index is 1.61. The van der Waals surface area contributed by atoms with Gasteiger partial charge in [-0.3, -0.25) is 4.99 Å². The van der Waals surface area contributed by atoms with Crippen molar-refractivity contribution in [1.82, 2.24) is 10.6 Å². The molecule has 1 aliphatic heterocycles. The molecule has 0 amide bonds. The summed E-state index contributed by atoms with van der Waals surface area (Å²) in [7, 11) is 1.82. The van der Waals surface area contributed by atoms with Crippen molar-refractivity contribution < 1.29 is 9.47 Å². The van der Waals surface area contributed by atoms with Gasteiger partial charge in [-0.05, 0) is 37.7 Å². The largest absolute Gasteiger partial charge is 0.381 e. The molecule has 5 nitrogen and oxygen atoms in total. The molecule has 1 heterocycles. The van der Waals surface area contributed by atoms with Gasteiger partial charge < -0.3 is 20.1 Å². The van der Waals surface area contributed by atoms with Crippen LogP contribution in [-0.2, 0) is 14.9 Å². The molecular formula is C22H37N3O2. The zero-order valence-electron chi connectivity index (χ0n) is 17.5. The van der Waals surface area contributed by atoms with E-state index in [1.807, 2.05) is 7.05 Å². The number of benzene rings is 1. The molecule has 1 fully saturated rings. The summed E-state index contributed by atoms with van der Waals surface area (Å²) in [6, 6.07) is 8.76. The molecule has 1 aromatic rings. The Morgan fingerprint density at radius 1 is 1.19 bits per heavy atom.